The molecule has 0 bridgehead atoms. The molecule has 1 N–H and O–H groups in total. The number of nitrogens with one attached hydrogen (secondary N) is 1. The van der Waals surface area contributed by atoms with Crippen LogP contribution in [-0.4, -0.2) is 32.4 Å². The lowest BCUT2D eigenvalue weighted by Crippen LogP contribution is -2.46. The number of piperidine rings is 1. The first kappa shape index (κ1) is 15.8. The molecule has 1 atom stereocenters. The molecular formula is C14H21ClN2O2S. The summed E-state index contributed by atoms with van der Waals surface area (Å²) < 4.78 is 28.6. The van der Waals surface area contributed by atoms with E-state index in [1.165, 1.54) is 0 Å². The van der Waals surface area contributed by atoms with Crippen molar-refractivity contribution >= 4 is 21.8 Å². The van der Waals surface area contributed by atoms with E-state index in [-0.39, 0.29) is 0 Å². The highest BCUT2D eigenvalue weighted by molar-refractivity contribution is 7.87. The second kappa shape index (κ2) is 6.89. The second-order valence-electron chi connectivity index (χ2n) is 5.38. The fourth-order valence-electron chi connectivity index (χ4n) is 2.43. The molecule has 0 saturated carbocycles. The average Bonchev–Trinajstić information content (AvgIpc) is 2.41. The summed E-state index contributed by atoms with van der Waals surface area (Å²) >= 11 is 5.82. The second-order valence-corrected chi connectivity index (χ2v) is 7.57. The molecule has 1 aromatic carbocycles. The van der Waals surface area contributed by atoms with Gasteiger partial charge in [-0.3, -0.25) is 0 Å². The molecule has 20 heavy (non-hydrogen) atoms. The lowest BCUT2D eigenvalue weighted by molar-refractivity contribution is 0.278. The van der Waals surface area contributed by atoms with Gasteiger partial charge in [-0.1, -0.05) is 30.7 Å². The van der Waals surface area contributed by atoms with Gasteiger partial charge in [-0.05, 0) is 42.9 Å². The Bertz CT molecular complexity index is 531. The third kappa shape index (κ3) is 4.45. The number of hydrogen-bond acceptors (Lipinski definition) is 2. The summed E-state index contributed by atoms with van der Waals surface area (Å²) in [4.78, 5) is 0. The minimum Gasteiger partial charge on any atom is -0.202 e. The Morgan fingerprint density at radius 3 is 2.70 bits per heavy atom. The predicted octanol–water partition coefficient (Wildman–Crippen LogP) is 2.45. The van der Waals surface area contributed by atoms with Gasteiger partial charge in [-0.25, -0.2) is 4.72 Å². The highest BCUT2D eigenvalue weighted by Crippen LogP contribution is 2.17. The Balaban J connectivity index is 1.84. The standard InChI is InChI=1S/C14H21ClN2O2S/c1-12-3-2-10-17(11-12)20(18,19)16-9-8-13-4-6-14(15)7-5-13/h4-7,12,16H,2-3,8-11H2,1H3. The van der Waals surface area contributed by atoms with Crippen LogP contribution in [0.2, 0.25) is 5.02 Å². The predicted molar refractivity (Wildman–Crippen MR) is 82.0 cm³/mol. The largest absolute Gasteiger partial charge is 0.279 e. The average molecular weight is 317 g/mol. The van der Waals surface area contributed by atoms with Gasteiger partial charge in [0.2, 0.25) is 0 Å². The van der Waals surface area contributed by atoms with Crippen molar-refractivity contribution in [2.45, 2.75) is 26.2 Å². The first-order chi connectivity index (χ1) is 9.47. The SMILES string of the molecule is CC1CCCN(S(=O)(=O)NCCc2ccc(Cl)cc2)C1. The van der Waals surface area contributed by atoms with Crippen LogP contribution < -0.4 is 4.72 Å². The number of hydrogen-bond donors (Lipinski definition) is 1. The van der Waals surface area contributed by atoms with Crippen molar-refractivity contribution in [3.63, 3.8) is 0 Å². The molecule has 1 unspecified atom stereocenters. The molecule has 0 aromatic heterocycles. The fourth-order valence-corrected chi connectivity index (χ4v) is 3.92. The van der Waals surface area contributed by atoms with Crippen LogP contribution in [0.5, 0.6) is 0 Å². The maximum absolute atomic E-state index is 12.2. The Morgan fingerprint density at radius 2 is 2.05 bits per heavy atom. The molecular weight excluding hydrogens is 296 g/mol. The minimum atomic E-state index is -3.34. The molecule has 6 heteroatoms. The molecule has 1 fully saturated rings. The molecule has 0 amide bonds. The summed E-state index contributed by atoms with van der Waals surface area (Å²) in [6.45, 7) is 3.75. The van der Waals surface area contributed by atoms with Gasteiger partial charge in [-0.15, -0.1) is 0 Å². The van der Waals surface area contributed by atoms with Crippen molar-refractivity contribution in [1.29, 1.82) is 0 Å². The summed E-state index contributed by atoms with van der Waals surface area (Å²) in [5, 5.41) is 0.691. The lowest BCUT2D eigenvalue weighted by Gasteiger charge is -2.29. The molecule has 1 aromatic rings. The Kier molecular flexibility index (Phi) is 5.43. The van der Waals surface area contributed by atoms with Crippen molar-refractivity contribution in [2.24, 2.45) is 5.92 Å². The number of nitrogens with zero attached hydrogens (tertiary/aromatic N) is 1. The van der Waals surface area contributed by atoms with E-state index in [0.29, 0.717) is 37.0 Å². The number of halogens is 1. The van der Waals surface area contributed by atoms with E-state index in [1.807, 2.05) is 24.3 Å². The van der Waals surface area contributed by atoms with Crippen LogP contribution in [-0.2, 0) is 16.6 Å². The summed E-state index contributed by atoms with van der Waals surface area (Å²) in [6, 6.07) is 7.47. The zero-order chi connectivity index (χ0) is 14.6. The normalized spacial score (nSPS) is 21.0. The summed E-state index contributed by atoms with van der Waals surface area (Å²) in [5.74, 6) is 0.441. The minimum absolute atomic E-state index is 0.412. The zero-order valence-electron chi connectivity index (χ0n) is 11.7. The highest BCUT2D eigenvalue weighted by atomic mass is 35.5. The monoisotopic (exact) mass is 316 g/mol. The fraction of sp³-hybridized carbons (Fsp3) is 0.571. The van der Waals surface area contributed by atoms with Crippen LogP contribution in [0.3, 0.4) is 0 Å². The van der Waals surface area contributed by atoms with Gasteiger partial charge < -0.3 is 0 Å². The molecule has 112 valence electrons. The Labute approximate surface area is 126 Å². The molecule has 1 aliphatic heterocycles. The van der Waals surface area contributed by atoms with Crippen LogP contribution in [0.25, 0.3) is 0 Å². The lowest BCUT2D eigenvalue weighted by atomic mass is 10.0. The van der Waals surface area contributed by atoms with Gasteiger partial charge in [0.15, 0.2) is 0 Å². The topological polar surface area (TPSA) is 49.4 Å². The summed E-state index contributed by atoms with van der Waals surface area (Å²) in [5.41, 5.74) is 1.07. The van der Waals surface area contributed by atoms with E-state index in [9.17, 15) is 8.42 Å². The van der Waals surface area contributed by atoms with E-state index in [1.54, 1.807) is 4.31 Å². The van der Waals surface area contributed by atoms with Gasteiger partial charge >= 0.3 is 0 Å². The van der Waals surface area contributed by atoms with Crippen molar-refractivity contribution in [1.82, 2.24) is 9.03 Å². The maximum atomic E-state index is 12.2. The van der Waals surface area contributed by atoms with Crippen LogP contribution in [0.1, 0.15) is 25.3 Å². The smallest absolute Gasteiger partial charge is 0.202 e. The number of benzene rings is 1. The van der Waals surface area contributed by atoms with Crippen molar-refractivity contribution < 1.29 is 8.42 Å². The summed E-state index contributed by atoms with van der Waals surface area (Å²) in [7, 11) is -3.34. The van der Waals surface area contributed by atoms with E-state index < -0.39 is 10.2 Å². The van der Waals surface area contributed by atoms with Gasteiger partial charge in [0.05, 0.1) is 0 Å². The quantitative estimate of drug-likeness (QED) is 0.907. The van der Waals surface area contributed by atoms with E-state index in [4.69, 9.17) is 11.6 Å². The highest BCUT2D eigenvalue weighted by Gasteiger charge is 2.26. The zero-order valence-corrected chi connectivity index (χ0v) is 13.3. The van der Waals surface area contributed by atoms with E-state index in [0.717, 1.165) is 18.4 Å². The van der Waals surface area contributed by atoms with Crippen molar-refractivity contribution in [2.75, 3.05) is 19.6 Å². The van der Waals surface area contributed by atoms with Gasteiger partial charge in [0.25, 0.3) is 10.2 Å². The van der Waals surface area contributed by atoms with Gasteiger partial charge in [-0.2, -0.15) is 12.7 Å². The van der Waals surface area contributed by atoms with Gasteiger partial charge in [0.1, 0.15) is 0 Å². The molecule has 4 nitrogen and oxygen atoms in total. The van der Waals surface area contributed by atoms with E-state index >= 15 is 0 Å². The van der Waals surface area contributed by atoms with Gasteiger partial charge in [0, 0.05) is 24.7 Å². The molecule has 0 radical (unpaired) electrons. The van der Waals surface area contributed by atoms with Crippen molar-refractivity contribution in [3.05, 3.63) is 34.9 Å². The van der Waals surface area contributed by atoms with Crippen LogP contribution >= 0.6 is 11.6 Å². The molecule has 1 aliphatic rings. The third-order valence-corrected chi connectivity index (χ3v) is 5.40. The molecule has 1 heterocycles. The van der Waals surface area contributed by atoms with Crippen molar-refractivity contribution in [3.8, 4) is 0 Å². The third-order valence-electron chi connectivity index (χ3n) is 3.57. The first-order valence-electron chi connectivity index (χ1n) is 6.96. The molecule has 1 saturated heterocycles. The molecule has 0 aliphatic carbocycles. The van der Waals surface area contributed by atoms with Crippen LogP contribution in [0, 0.1) is 5.92 Å². The maximum Gasteiger partial charge on any atom is 0.279 e. The summed E-state index contributed by atoms with van der Waals surface area (Å²) in [6.07, 6.45) is 2.72. The number of rotatable bonds is 5. The Hall–Kier alpha value is -0.620. The Morgan fingerprint density at radius 1 is 1.35 bits per heavy atom. The van der Waals surface area contributed by atoms with E-state index in [2.05, 4.69) is 11.6 Å². The van der Waals surface area contributed by atoms with Crippen LogP contribution in [0.4, 0.5) is 0 Å². The first-order valence-corrected chi connectivity index (χ1v) is 8.78. The molecule has 2 rings (SSSR count). The molecule has 0 spiro atoms. The van der Waals surface area contributed by atoms with Crippen LogP contribution in [0.15, 0.2) is 24.3 Å².